The minimum absolute atomic E-state index is 0.0790. The maximum atomic E-state index is 12.5. The van der Waals surface area contributed by atoms with E-state index < -0.39 is 0 Å². The molecule has 0 aromatic heterocycles. The molecule has 1 aliphatic rings. The van der Waals surface area contributed by atoms with Crippen molar-refractivity contribution >= 4 is 5.91 Å². The number of hydrogen-bond donors (Lipinski definition) is 2. The van der Waals surface area contributed by atoms with E-state index in [0.29, 0.717) is 6.04 Å². The van der Waals surface area contributed by atoms with Gasteiger partial charge in [-0.1, -0.05) is 0 Å². The summed E-state index contributed by atoms with van der Waals surface area (Å²) in [6.45, 7) is 4.99. The highest BCUT2D eigenvalue weighted by Gasteiger charge is 2.26. The monoisotopic (exact) mass is 306 g/mol. The van der Waals surface area contributed by atoms with Gasteiger partial charge in [0.15, 0.2) is 0 Å². The number of piperidine rings is 1. The van der Waals surface area contributed by atoms with Crippen molar-refractivity contribution in [3.8, 4) is 11.5 Å². The van der Waals surface area contributed by atoms with Crippen molar-refractivity contribution in [2.45, 2.75) is 38.8 Å². The van der Waals surface area contributed by atoms with Crippen LogP contribution in [0.25, 0.3) is 0 Å². The molecule has 0 radical (unpaired) electrons. The van der Waals surface area contributed by atoms with E-state index in [9.17, 15) is 4.79 Å². The average molecular weight is 306 g/mol. The van der Waals surface area contributed by atoms with E-state index in [0.717, 1.165) is 36.4 Å². The van der Waals surface area contributed by atoms with E-state index in [4.69, 9.17) is 9.47 Å². The number of nitrogens with one attached hydrogen (secondary N) is 2. The second-order valence-corrected chi connectivity index (χ2v) is 5.91. The lowest BCUT2D eigenvalue weighted by atomic mass is 9.92. The molecular weight excluding hydrogens is 280 g/mol. The summed E-state index contributed by atoms with van der Waals surface area (Å²) in [5.74, 6) is 1.71. The van der Waals surface area contributed by atoms with Crippen molar-refractivity contribution in [1.29, 1.82) is 0 Å². The molecule has 1 fully saturated rings. The van der Waals surface area contributed by atoms with Crippen LogP contribution in [0.5, 0.6) is 11.5 Å². The number of carbonyl (C=O) groups excluding carboxylic acids is 1. The zero-order valence-corrected chi connectivity index (χ0v) is 13.8. The molecule has 1 saturated heterocycles. The Hall–Kier alpha value is -1.75. The predicted molar refractivity (Wildman–Crippen MR) is 86.3 cm³/mol. The molecule has 5 heteroatoms. The van der Waals surface area contributed by atoms with Gasteiger partial charge in [-0.05, 0) is 51.4 Å². The SMILES string of the molecule is COc1ccc(OC)c(C(C)NC(=O)[C@H]2CCN[C@@H](C)C2)c1. The largest absolute Gasteiger partial charge is 0.497 e. The first kappa shape index (κ1) is 16.6. The lowest BCUT2D eigenvalue weighted by Gasteiger charge is -2.28. The van der Waals surface area contributed by atoms with Crippen molar-refractivity contribution in [3.63, 3.8) is 0 Å². The number of ether oxygens (including phenoxy) is 2. The van der Waals surface area contributed by atoms with E-state index in [-0.39, 0.29) is 17.9 Å². The van der Waals surface area contributed by atoms with Gasteiger partial charge in [0.1, 0.15) is 11.5 Å². The van der Waals surface area contributed by atoms with Crippen molar-refractivity contribution in [1.82, 2.24) is 10.6 Å². The molecule has 22 heavy (non-hydrogen) atoms. The second-order valence-electron chi connectivity index (χ2n) is 5.91. The van der Waals surface area contributed by atoms with Gasteiger partial charge in [-0.2, -0.15) is 0 Å². The summed E-state index contributed by atoms with van der Waals surface area (Å²) in [6, 6.07) is 5.90. The molecule has 1 aromatic rings. The topological polar surface area (TPSA) is 59.6 Å². The minimum Gasteiger partial charge on any atom is -0.497 e. The Kier molecular flexibility index (Phi) is 5.66. The second kappa shape index (κ2) is 7.49. The number of amides is 1. The highest BCUT2D eigenvalue weighted by Crippen LogP contribution is 2.29. The number of rotatable bonds is 5. The van der Waals surface area contributed by atoms with Crippen LogP contribution in [0.3, 0.4) is 0 Å². The van der Waals surface area contributed by atoms with E-state index in [2.05, 4.69) is 17.6 Å². The van der Waals surface area contributed by atoms with Crippen molar-refractivity contribution in [2.24, 2.45) is 5.92 Å². The third-order valence-corrected chi connectivity index (χ3v) is 4.26. The van der Waals surface area contributed by atoms with Crippen molar-refractivity contribution in [2.75, 3.05) is 20.8 Å². The molecule has 2 rings (SSSR count). The molecule has 1 amide bonds. The highest BCUT2D eigenvalue weighted by atomic mass is 16.5. The molecule has 0 aliphatic carbocycles. The average Bonchev–Trinajstić information content (AvgIpc) is 2.54. The van der Waals surface area contributed by atoms with Gasteiger partial charge in [0.2, 0.25) is 5.91 Å². The molecule has 2 N–H and O–H groups in total. The minimum atomic E-state index is -0.122. The zero-order valence-electron chi connectivity index (χ0n) is 13.8. The normalized spacial score (nSPS) is 22.7. The number of methoxy groups -OCH3 is 2. The van der Waals surface area contributed by atoms with E-state index >= 15 is 0 Å². The molecule has 3 atom stereocenters. The summed E-state index contributed by atoms with van der Waals surface area (Å²) in [5, 5.41) is 6.48. The Morgan fingerprint density at radius 2 is 2.14 bits per heavy atom. The van der Waals surface area contributed by atoms with Gasteiger partial charge in [0, 0.05) is 17.5 Å². The fourth-order valence-electron chi connectivity index (χ4n) is 2.96. The van der Waals surface area contributed by atoms with E-state index in [1.807, 2.05) is 25.1 Å². The maximum Gasteiger partial charge on any atom is 0.223 e. The predicted octanol–water partition coefficient (Wildman–Crippen LogP) is 2.27. The molecule has 1 aromatic carbocycles. The lowest BCUT2D eigenvalue weighted by Crippen LogP contribution is -2.43. The van der Waals surface area contributed by atoms with Gasteiger partial charge in [-0.25, -0.2) is 0 Å². The smallest absolute Gasteiger partial charge is 0.223 e. The highest BCUT2D eigenvalue weighted by molar-refractivity contribution is 5.79. The number of hydrogen-bond acceptors (Lipinski definition) is 4. The van der Waals surface area contributed by atoms with Gasteiger partial charge in [0.25, 0.3) is 0 Å². The first-order valence-electron chi connectivity index (χ1n) is 7.80. The van der Waals surface area contributed by atoms with Crippen LogP contribution in [0.1, 0.15) is 38.3 Å². The van der Waals surface area contributed by atoms with Crippen LogP contribution in [0.4, 0.5) is 0 Å². The van der Waals surface area contributed by atoms with Gasteiger partial charge < -0.3 is 20.1 Å². The van der Waals surface area contributed by atoms with Crippen LogP contribution in [-0.2, 0) is 4.79 Å². The van der Waals surface area contributed by atoms with Crippen molar-refractivity contribution < 1.29 is 14.3 Å². The van der Waals surface area contributed by atoms with Gasteiger partial charge in [-0.3, -0.25) is 4.79 Å². The first-order chi connectivity index (χ1) is 10.5. The summed E-state index contributed by atoms with van der Waals surface area (Å²) in [5.41, 5.74) is 0.928. The Bertz CT molecular complexity index is 519. The third kappa shape index (κ3) is 3.91. The zero-order chi connectivity index (χ0) is 16.1. The Labute approximate surface area is 132 Å². The lowest BCUT2D eigenvalue weighted by molar-refractivity contribution is -0.126. The van der Waals surface area contributed by atoms with Crippen LogP contribution in [0, 0.1) is 5.92 Å². The molecular formula is C17H26N2O3. The molecule has 0 saturated carbocycles. The summed E-state index contributed by atoms with van der Waals surface area (Å²) in [6.07, 6.45) is 1.77. The van der Waals surface area contributed by atoms with Crippen LogP contribution >= 0.6 is 0 Å². The van der Waals surface area contributed by atoms with Crippen molar-refractivity contribution in [3.05, 3.63) is 23.8 Å². The first-order valence-corrected chi connectivity index (χ1v) is 7.80. The Balaban J connectivity index is 2.07. The standard InChI is InChI=1S/C17H26N2O3/c1-11-9-13(7-8-18-11)17(20)19-12(2)15-10-14(21-3)5-6-16(15)22-4/h5-6,10-13,18H,7-9H2,1-4H3,(H,19,20)/t11-,12?,13-/m0/s1. The van der Waals surface area contributed by atoms with E-state index in [1.165, 1.54) is 0 Å². The van der Waals surface area contributed by atoms with Crippen LogP contribution in [0.15, 0.2) is 18.2 Å². The third-order valence-electron chi connectivity index (χ3n) is 4.26. The Morgan fingerprint density at radius 1 is 1.36 bits per heavy atom. The summed E-state index contributed by atoms with van der Waals surface area (Å²) in [7, 11) is 3.26. The molecule has 5 nitrogen and oxygen atoms in total. The molecule has 1 unspecified atom stereocenters. The van der Waals surface area contributed by atoms with Crippen LogP contribution < -0.4 is 20.1 Å². The number of benzene rings is 1. The molecule has 0 bridgehead atoms. The van der Waals surface area contributed by atoms with Crippen LogP contribution in [0.2, 0.25) is 0 Å². The summed E-state index contributed by atoms with van der Waals surface area (Å²) in [4.78, 5) is 12.5. The number of carbonyl (C=O) groups is 1. The van der Waals surface area contributed by atoms with Gasteiger partial charge >= 0.3 is 0 Å². The van der Waals surface area contributed by atoms with E-state index in [1.54, 1.807) is 14.2 Å². The summed E-state index contributed by atoms with van der Waals surface area (Å²) < 4.78 is 10.7. The van der Waals surface area contributed by atoms with Gasteiger partial charge in [-0.15, -0.1) is 0 Å². The fourth-order valence-corrected chi connectivity index (χ4v) is 2.96. The maximum absolute atomic E-state index is 12.5. The molecule has 0 spiro atoms. The molecule has 1 aliphatic heterocycles. The van der Waals surface area contributed by atoms with Gasteiger partial charge in [0.05, 0.1) is 20.3 Å². The summed E-state index contributed by atoms with van der Waals surface area (Å²) >= 11 is 0. The Morgan fingerprint density at radius 3 is 2.77 bits per heavy atom. The quantitative estimate of drug-likeness (QED) is 0.876. The molecule has 122 valence electrons. The fraction of sp³-hybridized carbons (Fsp3) is 0.588. The molecule has 1 heterocycles. The van der Waals surface area contributed by atoms with Crippen LogP contribution in [-0.4, -0.2) is 32.7 Å².